The lowest BCUT2D eigenvalue weighted by atomic mass is 9.99. The number of piperidine rings is 1. The van der Waals surface area contributed by atoms with Crippen molar-refractivity contribution in [3.8, 4) is 5.75 Å². The van der Waals surface area contributed by atoms with Gasteiger partial charge >= 0.3 is 0 Å². The van der Waals surface area contributed by atoms with Crippen LogP contribution in [-0.2, 0) is 4.79 Å². The SMILES string of the molecule is C=CCOc1ccc(NC(=O)C2CCCNC2)cc1. The van der Waals surface area contributed by atoms with E-state index in [-0.39, 0.29) is 11.8 Å². The molecular formula is C15H20N2O2. The van der Waals surface area contributed by atoms with Crippen LogP contribution in [0, 0.1) is 5.92 Å². The van der Waals surface area contributed by atoms with E-state index in [1.807, 2.05) is 24.3 Å². The highest BCUT2D eigenvalue weighted by molar-refractivity contribution is 5.92. The van der Waals surface area contributed by atoms with Gasteiger partial charge in [-0.05, 0) is 43.7 Å². The summed E-state index contributed by atoms with van der Waals surface area (Å²) in [6.07, 6.45) is 3.72. The van der Waals surface area contributed by atoms with E-state index in [9.17, 15) is 4.79 Å². The lowest BCUT2D eigenvalue weighted by molar-refractivity contribution is -0.120. The molecular weight excluding hydrogens is 240 g/mol. The number of benzene rings is 1. The van der Waals surface area contributed by atoms with E-state index < -0.39 is 0 Å². The van der Waals surface area contributed by atoms with Crippen molar-refractivity contribution in [1.29, 1.82) is 0 Å². The molecule has 1 amide bonds. The summed E-state index contributed by atoms with van der Waals surface area (Å²) < 4.78 is 5.39. The minimum Gasteiger partial charge on any atom is -0.490 e. The Bertz CT molecular complexity index is 422. The van der Waals surface area contributed by atoms with Gasteiger partial charge in [0.15, 0.2) is 0 Å². The second-order valence-electron chi connectivity index (χ2n) is 4.66. The van der Waals surface area contributed by atoms with Crippen molar-refractivity contribution in [2.24, 2.45) is 5.92 Å². The molecule has 19 heavy (non-hydrogen) atoms. The van der Waals surface area contributed by atoms with Crippen LogP contribution in [0.5, 0.6) is 5.75 Å². The number of rotatable bonds is 5. The number of anilines is 1. The van der Waals surface area contributed by atoms with Gasteiger partial charge in [-0.25, -0.2) is 0 Å². The standard InChI is InChI=1S/C15H20N2O2/c1-2-10-19-14-7-5-13(6-8-14)17-15(18)12-4-3-9-16-11-12/h2,5-8,12,16H,1,3-4,9-11H2,(H,17,18). The van der Waals surface area contributed by atoms with Gasteiger partial charge in [-0.1, -0.05) is 12.7 Å². The van der Waals surface area contributed by atoms with E-state index >= 15 is 0 Å². The smallest absolute Gasteiger partial charge is 0.228 e. The van der Waals surface area contributed by atoms with Crippen molar-refractivity contribution in [3.05, 3.63) is 36.9 Å². The molecule has 2 N–H and O–H groups in total. The summed E-state index contributed by atoms with van der Waals surface area (Å²) in [6.45, 7) is 5.87. The van der Waals surface area contributed by atoms with Crippen molar-refractivity contribution in [2.45, 2.75) is 12.8 Å². The van der Waals surface area contributed by atoms with Crippen LogP contribution >= 0.6 is 0 Å². The molecule has 1 fully saturated rings. The Morgan fingerprint density at radius 3 is 2.89 bits per heavy atom. The minimum absolute atomic E-state index is 0.0745. The van der Waals surface area contributed by atoms with Gasteiger partial charge in [0.05, 0.1) is 5.92 Å². The first-order valence-corrected chi connectivity index (χ1v) is 6.65. The average Bonchev–Trinajstić information content (AvgIpc) is 2.47. The molecule has 4 heteroatoms. The third-order valence-corrected chi connectivity index (χ3v) is 3.16. The summed E-state index contributed by atoms with van der Waals surface area (Å²) in [5, 5.41) is 6.18. The van der Waals surface area contributed by atoms with Gasteiger partial charge < -0.3 is 15.4 Å². The molecule has 1 saturated heterocycles. The van der Waals surface area contributed by atoms with Gasteiger partial charge in [-0.3, -0.25) is 4.79 Å². The van der Waals surface area contributed by atoms with E-state index in [1.54, 1.807) is 6.08 Å². The normalized spacial score (nSPS) is 18.6. The second kappa shape index (κ2) is 6.95. The van der Waals surface area contributed by atoms with Crippen LogP contribution in [-0.4, -0.2) is 25.6 Å². The fourth-order valence-electron chi connectivity index (χ4n) is 2.11. The quantitative estimate of drug-likeness (QED) is 0.798. The molecule has 2 rings (SSSR count). The van der Waals surface area contributed by atoms with Gasteiger partial charge in [0.1, 0.15) is 12.4 Å². The van der Waals surface area contributed by atoms with Gasteiger partial charge in [-0.15, -0.1) is 0 Å². The maximum absolute atomic E-state index is 12.0. The largest absolute Gasteiger partial charge is 0.490 e. The number of carbonyl (C=O) groups excluding carboxylic acids is 1. The van der Waals surface area contributed by atoms with Crippen LogP contribution in [0.1, 0.15) is 12.8 Å². The lowest BCUT2D eigenvalue weighted by Gasteiger charge is -2.21. The summed E-state index contributed by atoms with van der Waals surface area (Å²) in [4.78, 5) is 12.0. The molecule has 1 aromatic carbocycles. The Morgan fingerprint density at radius 2 is 2.26 bits per heavy atom. The van der Waals surface area contributed by atoms with Crippen LogP contribution in [0.4, 0.5) is 5.69 Å². The van der Waals surface area contributed by atoms with Crippen LogP contribution < -0.4 is 15.4 Å². The van der Waals surface area contributed by atoms with Crippen LogP contribution in [0.2, 0.25) is 0 Å². The fourth-order valence-corrected chi connectivity index (χ4v) is 2.11. The average molecular weight is 260 g/mol. The summed E-state index contributed by atoms with van der Waals surface area (Å²) in [5.41, 5.74) is 0.807. The van der Waals surface area contributed by atoms with Crippen molar-refractivity contribution in [1.82, 2.24) is 5.32 Å². The first-order chi connectivity index (χ1) is 9.29. The van der Waals surface area contributed by atoms with Crippen LogP contribution in [0.3, 0.4) is 0 Å². The molecule has 0 aromatic heterocycles. The molecule has 1 unspecified atom stereocenters. The highest BCUT2D eigenvalue weighted by Gasteiger charge is 2.20. The highest BCUT2D eigenvalue weighted by Crippen LogP contribution is 2.18. The molecule has 4 nitrogen and oxygen atoms in total. The Labute approximate surface area is 113 Å². The van der Waals surface area contributed by atoms with E-state index in [0.717, 1.165) is 37.4 Å². The zero-order chi connectivity index (χ0) is 13.5. The first kappa shape index (κ1) is 13.6. The van der Waals surface area contributed by atoms with E-state index in [1.165, 1.54) is 0 Å². The van der Waals surface area contributed by atoms with Gasteiger partial charge in [-0.2, -0.15) is 0 Å². The zero-order valence-corrected chi connectivity index (χ0v) is 11.0. The number of nitrogens with one attached hydrogen (secondary N) is 2. The van der Waals surface area contributed by atoms with Gasteiger partial charge in [0.25, 0.3) is 0 Å². The predicted molar refractivity (Wildman–Crippen MR) is 76.4 cm³/mol. The summed E-state index contributed by atoms with van der Waals surface area (Å²) in [7, 11) is 0. The van der Waals surface area contributed by atoms with Crippen LogP contribution in [0.25, 0.3) is 0 Å². The number of hydrogen-bond donors (Lipinski definition) is 2. The summed E-state index contributed by atoms with van der Waals surface area (Å²) in [6, 6.07) is 7.40. The van der Waals surface area contributed by atoms with Gasteiger partial charge in [0, 0.05) is 12.2 Å². The summed E-state index contributed by atoms with van der Waals surface area (Å²) >= 11 is 0. The Hall–Kier alpha value is -1.81. The molecule has 1 heterocycles. The first-order valence-electron chi connectivity index (χ1n) is 6.65. The maximum Gasteiger partial charge on any atom is 0.228 e. The van der Waals surface area contributed by atoms with Crippen LogP contribution in [0.15, 0.2) is 36.9 Å². The predicted octanol–water partition coefficient (Wildman–Crippen LogP) is 2.19. The molecule has 1 aliphatic heterocycles. The van der Waals surface area contributed by atoms with Gasteiger partial charge in [0.2, 0.25) is 5.91 Å². The van der Waals surface area contributed by atoms with Crippen molar-refractivity contribution < 1.29 is 9.53 Å². The van der Waals surface area contributed by atoms with E-state index in [2.05, 4.69) is 17.2 Å². The molecule has 1 atom stereocenters. The minimum atomic E-state index is 0.0745. The number of amides is 1. The third kappa shape index (κ3) is 4.10. The van der Waals surface area contributed by atoms with Crippen molar-refractivity contribution >= 4 is 11.6 Å². The number of hydrogen-bond acceptors (Lipinski definition) is 3. The molecule has 0 aliphatic carbocycles. The topological polar surface area (TPSA) is 50.4 Å². The second-order valence-corrected chi connectivity index (χ2v) is 4.66. The molecule has 102 valence electrons. The van der Waals surface area contributed by atoms with E-state index in [0.29, 0.717) is 6.61 Å². The number of ether oxygens (including phenoxy) is 1. The fraction of sp³-hybridized carbons (Fsp3) is 0.400. The molecule has 0 bridgehead atoms. The molecule has 0 radical (unpaired) electrons. The highest BCUT2D eigenvalue weighted by atomic mass is 16.5. The van der Waals surface area contributed by atoms with E-state index in [4.69, 9.17) is 4.74 Å². The maximum atomic E-state index is 12.0. The molecule has 0 spiro atoms. The Kier molecular flexibility index (Phi) is 4.98. The molecule has 1 aromatic rings. The molecule has 1 aliphatic rings. The lowest BCUT2D eigenvalue weighted by Crippen LogP contribution is -2.37. The Morgan fingerprint density at radius 1 is 1.47 bits per heavy atom. The summed E-state index contributed by atoms with van der Waals surface area (Å²) in [5.74, 6) is 0.939. The molecule has 0 saturated carbocycles. The monoisotopic (exact) mass is 260 g/mol. The number of carbonyl (C=O) groups is 1. The third-order valence-electron chi connectivity index (χ3n) is 3.16. The van der Waals surface area contributed by atoms with Crippen molar-refractivity contribution in [2.75, 3.05) is 25.0 Å². The van der Waals surface area contributed by atoms with Crippen molar-refractivity contribution in [3.63, 3.8) is 0 Å². The Balaban J connectivity index is 1.87. The zero-order valence-electron chi connectivity index (χ0n) is 11.0.